The van der Waals surface area contributed by atoms with E-state index in [-0.39, 0.29) is 17.1 Å². The van der Waals surface area contributed by atoms with Crippen LogP contribution in [0, 0.1) is 0 Å². The number of aromatic nitrogens is 2. The summed E-state index contributed by atoms with van der Waals surface area (Å²) in [5.74, 6) is 0. The molecule has 0 saturated carbocycles. The normalized spacial score (nSPS) is 16.7. The van der Waals surface area contributed by atoms with Crippen LogP contribution in [0.4, 0.5) is 0 Å². The van der Waals surface area contributed by atoms with Crippen LogP contribution in [0.3, 0.4) is 0 Å². The van der Waals surface area contributed by atoms with Gasteiger partial charge in [-0.25, -0.2) is 4.79 Å². The van der Waals surface area contributed by atoms with E-state index < -0.39 is 11.2 Å². The van der Waals surface area contributed by atoms with E-state index in [2.05, 4.69) is 20.4 Å². The second kappa shape index (κ2) is 5.49. The van der Waals surface area contributed by atoms with Gasteiger partial charge in [-0.05, 0) is 12.0 Å². The van der Waals surface area contributed by atoms with E-state index in [1.54, 1.807) is 0 Å². The third-order valence-corrected chi connectivity index (χ3v) is 3.33. The van der Waals surface area contributed by atoms with Gasteiger partial charge in [0.15, 0.2) is 0 Å². The SMILES string of the molecule is CCc1cc(=O)oc2nc(O/N=C3/CC[NH2+]C3)[nH]c(=O)c12. The predicted molar refractivity (Wildman–Crippen MR) is 74.6 cm³/mol. The lowest BCUT2D eigenvalue weighted by Gasteiger charge is -2.02. The molecule has 1 saturated heterocycles. The van der Waals surface area contributed by atoms with Gasteiger partial charge in [0.1, 0.15) is 17.6 Å². The van der Waals surface area contributed by atoms with E-state index in [1.807, 2.05) is 6.92 Å². The third-order valence-electron chi connectivity index (χ3n) is 3.33. The number of nitrogens with one attached hydrogen (secondary N) is 1. The molecule has 21 heavy (non-hydrogen) atoms. The molecule has 1 fully saturated rings. The Morgan fingerprint density at radius 1 is 1.52 bits per heavy atom. The molecule has 3 rings (SSSR count). The summed E-state index contributed by atoms with van der Waals surface area (Å²) in [6, 6.07) is 1.22. The molecule has 0 radical (unpaired) electrons. The van der Waals surface area contributed by atoms with Gasteiger partial charge in [0.2, 0.25) is 5.71 Å². The van der Waals surface area contributed by atoms with Crippen LogP contribution in [-0.4, -0.2) is 28.8 Å². The number of aromatic amines is 1. The van der Waals surface area contributed by atoms with Crippen molar-refractivity contribution in [2.24, 2.45) is 5.16 Å². The highest BCUT2D eigenvalue weighted by Crippen LogP contribution is 2.13. The minimum absolute atomic E-state index is 0.0312. The molecular formula is C13H15N4O4+. The molecule has 110 valence electrons. The molecule has 8 heteroatoms. The van der Waals surface area contributed by atoms with Crippen LogP contribution >= 0.6 is 0 Å². The molecule has 1 aliphatic rings. The fraction of sp³-hybridized carbons (Fsp3) is 0.385. The van der Waals surface area contributed by atoms with E-state index in [1.165, 1.54) is 6.07 Å². The standard InChI is InChI=1S/C13H14N4O4/c1-2-7-5-9(18)20-12-10(7)11(19)15-13(16-12)21-17-8-3-4-14-6-8/h5,14H,2-4,6H2,1H3,(H,15,16,19)/p+1/b17-8-. The molecule has 2 aromatic heterocycles. The first-order valence-corrected chi connectivity index (χ1v) is 6.79. The summed E-state index contributed by atoms with van der Waals surface area (Å²) in [5, 5.41) is 6.31. The topological polar surface area (TPSA) is 114 Å². The van der Waals surface area contributed by atoms with Crippen LogP contribution < -0.4 is 21.3 Å². The smallest absolute Gasteiger partial charge is 0.337 e. The molecule has 3 heterocycles. The van der Waals surface area contributed by atoms with E-state index >= 15 is 0 Å². The summed E-state index contributed by atoms with van der Waals surface area (Å²) in [6.07, 6.45) is 1.37. The number of hydrogen-bond donors (Lipinski definition) is 2. The molecule has 0 unspecified atom stereocenters. The van der Waals surface area contributed by atoms with Crippen LogP contribution in [0.25, 0.3) is 11.1 Å². The van der Waals surface area contributed by atoms with Crippen molar-refractivity contribution in [3.05, 3.63) is 32.4 Å². The van der Waals surface area contributed by atoms with Gasteiger partial charge in [-0.15, -0.1) is 0 Å². The maximum absolute atomic E-state index is 12.1. The number of nitrogens with zero attached hydrogens (tertiary/aromatic N) is 2. The maximum Gasteiger partial charge on any atom is 0.337 e. The van der Waals surface area contributed by atoms with Crippen molar-refractivity contribution in [1.82, 2.24) is 9.97 Å². The van der Waals surface area contributed by atoms with Gasteiger partial charge in [-0.3, -0.25) is 9.78 Å². The summed E-state index contributed by atoms with van der Waals surface area (Å²) < 4.78 is 4.98. The lowest BCUT2D eigenvalue weighted by Crippen LogP contribution is -2.81. The minimum Gasteiger partial charge on any atom is -0.403 e. The van der Waals surface area contributed by atoms with Crippen LogP contribution in [0.1, 0.15) is 18.9 Å². The summed E-state index contributed by atoms with van der Waals surface area (Å²) >= 11 is 0. The summed E-state index contributed by atoms with van der Waals surface area (Å²) in [7, 11) is 0. The zero-order valence-corrected chi connectivity index (χ0v) is 11.5. The largest absolute Gasteiger partial charge is 0.403 e. The average molecular weight is 291 g/mol. The highest BCUT2D eigenvalue weighted by molar-refractivity contribution is 5.86. The van der Waals surface area contributed by atoms with Gasteiger partial charge in [0, 0.05) is 12.5 Å². The fourth-order valence-electron chi connectivity index (χ4n) is 2.28. The number of H-pyrrole nitrogens is 1. The molecule has 1 aliphatic heterocycles. The molecule has 0 amide bonds. The first-order chi connectivity index (χ1) is 10.2. The van der Waals surface area contributed by atoms with Gasteiger partial charge in [-0.2, -0.15) is 4.98 Å². The number of hydrogen-bond acceptors (Lipinski definition) is 6. The second-order valence-electron chi connectivity index (χ2n) is 4.78. The van der Waals surface area contributed by atoms with Crippen molar-refractivity contribution in [2.75, 3.05) is 13.1 Å². The first kappa shape index (κ1) is 13.5. The van der Waals surface area contributed by atoms with Gasteiger partial charge in [0.25, 0.3) is 5.56 Å². The van der Waals surface area contributed by atoms with E-state index in [9.17, 15) is 9.59 Å². The Morgan fingerprint density at radius 3 is 3.10 bits per heavy atom. The van der Waals surface area contributed by atoms with E-state index in [4.69, 9.17) is 9.25 Å². The zero-order chi connectivity index (χ0) is 14.8. The highest BCUT2D eigenvalue weighted by atomic mass is 16.6. The lowest BCUT2D eigenvalue weighted by molar-refractivity contribution is -0.629. The first-order valence-electron chi connectivity index (χ1n) is 6.79. The summed E-state index contributed by atoms with van der Waals surface area (Å²) in [4.78, 5) is 35.2. The third kappa shape index (κ3) is 2.70. The number of nitrogens with two attached hydrogens (primary N) is 1. The van der Waals surface area contributed by atoms with Crippen LogP contribution in [-0.2, 0) is 6.42 Å². The minimum atomic E-state index is -0.542. The summed E-state index contributed by atoms with van der Waals surface area (Å²) in [6.45, 7) is 3.59. The van der Waals surface area contributed by atoms with Crippen LogP contribution in [0.15, 0.2) is 25.2 Å². The van der Waals surface area contributed by atoms with Crippen molar-refractivity contribution in [3.8, 4) is 6.01 Å². The van der Waals surface area contributed by atoms with Crippen LogP contribution in [0.2, 0.25) is 0 Å². The Morgan fingerprint density at radius 2 is 2.38 bits per heavy atom. The fourth-order valence-corrected chi connectivity index (χ4v) is 2.28. The second-order valence-corrected chi connectivity index (χ2v) is 4.78. The molecule has 8 nitrogen and oxygen atoms in total. The van der Waals surface area contributed by atoms with Gasteiger partial charge in [0.05, 0.1) is 6.54 Å². The molecule has 0 aromatic carbocycles. The molecule has 0 bridgehead atoms. The van der Waals surface area contributed by atoms with Crippen molar-refractivity contribution < 1.29 is 14.6 Å². The van der Waals surface area contributed by atoms with Gasteiger partial charge in [-0.1, -0.05) is 12.1 Å². The van der Waals surface area contributed by atoms with Crippen LogP contribution in [0.5, 0.6) is 6.01 Å². The molecule has 0 aliphatic carbocycles. The predicted octanol–water partition coefficient (Wildman–Crippen LogP) is -0.859. The Kier molecular flexibility index (Phi) is 3.53. The Bertz CT molecular complexity index is 813. The van der Waals surface area contributed by atoms with Gasteiger partial charge < -0.3 is 14.6 Å². The van der Waals surface area contributed by atoms with E-state index in [0.29, 0.717) is 12.0 Å². The maximum atomic E-state index is 12.1. The van der Waals surface area contributed by atoms with Crippen molar-refractivity contribution in [1.29, 1.82) is 0 Å². The number of oxime groups is 1. The van der Waals surface area contributed by atoms with Crippen molar-refractivity contribution >= 4 is 16.8 Å². The van der Waals surface area contributed by atoms with E-state index in [0.717, 1.165) is 25.2 Å². The number of aryl methyl sites for hydroxylation is 1. The van der Waals surface area contributed by atoms with Gasteiger partial charge >= 0.3 is 11.6 Å². The molecule has 2 aromatic rings. The molecular weight excluding hydrogens is 276 g/mol. The Balaban J connectivity index is 2.04. The monoisotopic (exact) mass is 291 g/mol. The number of quaternary nitrogens is 1. The van der Waals surface area contributed by atoms with Crippen molar-refractivity contribution in [2.45, 2.75) is 19.8 Å². The van der Waals surface area contributed by atoms with Crippen molar-refractivity contribution in [3.63, 3.8) is 0 Å². The average Bonchev–Trinajstić information content (AvgIpc) is 2.97. The Labute approximate surface area is 118 Å². The molecule has 0 atom stereocenters. The summed E-state index contributed by atoms with van der Waals surface area (Å²) in [5.41, 5.74) is 0.505. The zero-order valence-electron chi connectivity index (χ0n) is 11.5. The number of rotatable bonds is 3. The molecule has 3 N–H and O–H groups in total. The Hall–Kier alpha value is -2.48. The highest BCUT2D eigenvalue weighted by Gasteiger charge is 2.14. The quantitative estimate of drug-likeness (QED) is 0.714. The molecule has 0 spiro atoms. The lowest BCUT2D eigenvalue weighted by atomic mass is 10.1. The number of fused-ring (bicyclic) bond motifs is 1.